The van der Waals surface area contributed by atoms with Gasteiger partial charge in [0.2, 0.25) is 0 Å². The Kier molecular flexibility index (Phi) is 5.97. The van der Waals surface area contributed by atoms with Crippen molar-refractivity contribution in [1.82, 2.24) is 10.2 Å². The summed E-state index contributed by atoms with van der Waals surface area (Å²) in [6.45, 7) is 10.3. The van der Waals surface area contributed by atoms with Crippen molar-refractivity contribution in [3.8, 4) is 0 Å². The van der Waals surface area contributed by atoms with Gasteiger partial charge in [0.15, 0.2) is 0 Å². The molecule has 0 aromatic heterocycles. The highest BCUT2D eigenvalue weighted by atomic mass is 15.4. The minimum Gasteiger partial charge on any atom is -0.274 e. The summed E-state index contributed by atoms with van der Waals surface area (Å²) in [5.41, 5.74) is 4.34. The van der Waals surface area contributed by atoms with Crippen molar-refractivity contribution < 1.29 is 4.58 Å². The van der Waals surface area contributed by atoms with E-state index in [1.165, 1.54) is 22.6 Å². The van der Waals surface area contributed by atoms with Crippen LogP contribution in [0.15, 0.2) is 91.0 Å². The fourth-order valence-corrected chi connectivity index (χ4v) is 5.56. The molecule has 0 fully saturated rings. The lowest BCUT2D eigenvalue weighted by Crippen LogP contribution is -2.54. The maximum absolute atomic E-state index is 4.05. The first-order valence-corrected chi connectivity index (χ1v) is 12.3. The molecule has 0 amide bonds. The topological polar surface area (TPSA) is 18.3 Å². The van der Waals surface area contributed by atoms with E-state index in [2.05, 4.69) is 127 Å². The zero-order valence-corrected chi connectivity index (χ0v) is 20.1. The summed E-state index contributed by atoms with van der Waals surface area (Å²) in [5, 5.41) is 4.05. The Morgan fingerprint density at radius 2 is 1.39 bits per heavy atom. The Morgan fingerprint density at radius 3 is 1.94 bits per heavy atom. The zero-order chi connectivity index (χ0) is 22.8. The molecule has 0 aliphatic carbocycles. The van der Waals surface area contributed by atoms with Crippen LogP contribution < -0.4 is 5.32 Å². The number of nitrogens with zero attached hydrogens (tertiary/aromatic N) is 2. The summed E-state index contributed by atoms with van der Waals surface area (Å²) in [6, 6.07) is 33.8. The highest BCUT2D eigenvalue weighted by molar-refractivity contribution is 5.78. The highest BCUT2D eigenvalue weighted by Gasteiger charge is 2.48. The van der Waals surface area contributed by atoms with E-state index in [0.29, 0.717) is 18.0 Å². The first-order chi connectivity index (χ1) is 16.0. The first-order valence-electron chi connectivity index (χ1n) is 12.3. The standard InChI is InChI=1S/C30H35N3/c1-30(2,3)27-22-32-20-19-26(31-29(32)33(27)21-23-13-7-4-8-14-23)28(24-15-9-5-10-16-24)25-17-11-6-12-18-25/h4-18,26-28H,19-22H2,1-3H3/p+1/t26-,27+/m0/s1. The molecule has 3 nitrogen and oxygen atoms in total. The van der Waals surface area contributed by atoms with E-state index in [1.54, 1.807) is 0 Å². The van der Waals surface area contributed by atoms with Gasteiger partial charge in [-0.1, -0.05) is 112 Å². The molecule has 3 heteroatoms. The van der Waals surface area contributed by atoms with Crippen LogP contribution in [-0.2, 0) is 6.54 Å². The second kappa shape index (κ2) is 9.05. The van der Waals surface area contributed by atoms with Gasteiger partial charge in [0.25, 0.3) is 0 Å². The summed E-state index contributed by atoms with van der Waals surface area (Å²) in [4.78, 5) is 2.63. The highest BCUT2D eigenvalue weighted by Crippen LogP contribution is 2.34. The molecule has 2 atom stereocenters. The van der Waals surface area contributed by atoms with Crippen molar-refractivity contribution in [3.63, 3.8) is 0 Å². The number of hydrogen-bond donors (Lipinski definition) is 1. The zero-order valence-electron chi connectivity index (χ0n) is 20.1. The molecule has 170 valence electrons. The van der Waals surface area contributed by atoms with E-state index in [1.807, 2.05) is 0 Å². The van der Waals surface area contributed by atoms with E-state index in [9.17, 15) is 0 Å². The van der Waals surface area contributed by atoms with Gasteiger partial charge in [-0.05, 0) is 22.1 Å². The molecule has 5 rings (SSSR count). The summed E-state index contributed by atoms with van der Waals surface area (Å²) < 4.78 is 2.59. The third-order valence-electron chi connectivity index (χ3n) is 7.28. The van der Waals surface area contributed by atoms with Gasteiger partial charge in [-0.25, -0.2) is 0 Å². The molecule has 0 radical (unpaired) electrons. The van der Waals surface area contributed by atoms with Crippen LogP contribution in [0.25, 0.3) is 0 Å². The molecule has 3 aromatic rings. The second-order valence-corrected chi connectivity index (χ2v) is 10.6. The maximum atomic E-state index is 4.05. The van der Waals surface area contributed by atoms with Crippen LogP contribution >= 0.6 is 0 Å². The van der Waals surface area contributed by atoms with Gasteiger partial charge in [-0.3, -0.25) is 14.8 Å². The van der Waals surface area contributed by atoms with Crippen LogP contribution in [0.1, 0.15) is 49.8 Å². The lowest BCUT2D eigenvalue weighted by atomic mass is 9.83. The normalized spacial score (nSPS) is 20.7. The van der Waals surface area contributed by atoms with Gasteiger partial charge >= 0.3 is 5.96 Å². The number of benzene rings is 3. The summed E-state index contributed by atoms with van der Waals surface area (Å²) in [5.74, 6) is 1.64. The van der Waals surface area contributed by atoms with Crippen LogP contribution in [0.2, 0.25) is 0 Å². The largest absolute Gasteiger partial charge is 0.349 e. The van der Waals surface area contributed by atoms with Gasteiger partial charge in [0.1, 0.15) is 12.6 Å². The number of nitrogens with one attached hydrogen (secondary N) is 1. The predicted octanol–water partition coefficient (Wildman–Crippen LogP) is 5.48. The molecule has 2 aliphatic heterocycles. The van der Waals surface area contributed by atoms with Gasteiger partial charge in [-0.2, -0.15) is 0 Å². The van der Waals surface area contributed by atoms with E-state index in [-0.39, 0.29) is 5.41 Å². The predicted molar refractivity (Wildman–Crippen MR) is 136 cm³/mol. The Morgan fingerprint density at radius 1 is 0.848 bits per heavy atom. The fraction of sp³-hybridized carbons (Fsp3) is 0.367. The molecule has 0 saturated carbocycles. The molecule has 0 saturated heterocycles. The SMILES string of the molecule is CC(C)(C)[C@H]1C[N+]2=C(N[C@H](C(c3ccccc3)c3ccccc3)CC2)N1Cc1ccccc1. The molecule has 1 N–H and O–H groups in total. The van der Waals surface area contributed by atoms with E-state index < -0.39 is 0 Å². The quantitative estimate of drug-likeness (QED) is 0.532. The molecule has 2 aliphatic rings. The van der Waals surface area contributed by atoms with Crippen LogP contribution in [-0.4, -0.2) is 40.6 Å². The van der Waals surface area contributed by atoms with Crippen LogP contribution in [0, 0.1) is 5.41 Å². The van der Waals surface area contributed by atoms with E-state index in [0.717, 1.165) is 26.1 Å². The Labute approximate surface area is 198 Å². The molecular weight excluding hydrogens is 402 g/mol. The minimum atomic E-state index is 0.203. The van der Waals surface area contributed by atoms with Crippen molar-refractivity contribution in [1.29, 1.82) is 0 Å². The maximum Gasteiger partial charge on any atom is 0.349 e. The van der Waals surface area contributed by atoms with Crippen molar-refractivity contribution in [2.45, 2.75) is 51.7 Å². The molecule has 2 heterocycles. The molecular formula is C30H36N3+. The molecule has 0 unspecified atom stereocenters. The number of guanidine groups is 1. The summed E-state index contributed by atoms with van der Waals surface area (Å²) in [7, 11) is 0. The average molecular weight is 439 g/mol. The van der Waals surface area contributed by atoms with Crippen LogP contribution in [0.4, 0.5) is 0 Å². The first kappa shape index (κ1) is 21.8. The van der Waals surface area contributed by atoms with Crippen molar-refractivity contribution in [3.05, 3.63) is 108 Å². The van der Waals surface area contributed by atoms with Crippen molar-refractivity contribution in [2.75, 3.05) is 13.1 Å². The van der Waals surface area contributed by atoms with Gasteiger partial charge in [-0.15, -0.1) is 0 Å². The number of hydrogen-bond acceptors (Lipinski definition) is 2. The van der Waals surface area contributed by atoms with Gasteiger partial charge in [0.05, 0.1) is 19.1 Å². The van der Waals surface area contributed by atoms with Gasteiger partial charge in [0, 0.05) is 12.3 Å². The van der Waals surface area contributed by atoms with E-state index in [4.69, 9.17) is 0 Å². The lowest BCUT2D eigenvalue weighted by Gasteiger charge is -2.34. The third kappa shape index (κ3) is 4.55. The molecule has 0 spiro atoms. The minimum absolute atomic E-state index is 0.203. The monoisotopic (exact) mass is 438 g/mol. The van der Waals surface area contributed by atoms with Crippen LogP contribution in [0.3, 0.4) is 0 Å². The Balaban J connectivity index is 1.48. The third-order valence-corrected chi connectivity index (χ3v) is 7.28. The van der Waals surface area contributed by atoms with Crippen LogP contribution in [0.5, 0.6) is 0 Å². The van der Waals surface area contributed by atoms with Crippen molar-refractivity contribution in [2.24, 2.45) is 5.41 Å². The van der Waals surface area contributed by atoms with E-state index >= 15 is 0 Å². The molecule has 3 aromatic carbocycles. The Bertz CT molecular complexity index is 1040. The summed E-state index contributed by atoms with van der Waals surface area (Å²) in [6.07, 6.45) is 1.13. The average Bonchev–Trinajstić information content (AvgIpc) is 3.20. The fourth-order valence-electron chi connectivity index (χ4n) is 5.56. The lowest BCUT2D eigenvalue weighted by molar-refractivity contribution is -0.529. The van der Waals surface area contributed by atoms with Gasteiger partial charge < -0.3 is 0 Å². The Hall–Kier alpha value is -3.07. The molecule has 33 heavy (non-hydrogen) atoms. The summed E-state index contributed by atoms with van der Waals surface area (Å²) >= 11 is 0. The smallest absolute Gasteiger partial charge is 0.274 e. The number of rotatable bonds is 5. The van der Waals surface area contributed by atoms with Crippen molar-refractivity contribution >= 4 is 5.96 Å². The molecule has 0 bridgehead atoms. The second-order valence-electron chi connectivity index (χ2n) is 10.6.